The molecule has 0 aliphatic carbocycles. The molecule has 0 aliphatic heterocycles. The summed E-state index contributed by atoms with van der Waals surface area (Å²) in [6.07, 6.45) is 0.0943. The third-order valence-corrected chi connectivity index (χ3v) is 1.97. The van der Waals surface area contributed by atoms with Crippen molar-refractivity contribution in [2.75, 3.05) is 19.0 Å². The quantitative estimate of drug-likeness (QED) is 0.786. The van der Waals surface area contributed by atoms with Gasteiger partial charge >= 0.3 is 0 Å². The number of rotatable bonds is 4. The second-order valence-electron chi connectivity index (χ2n) is 3.23. The van der Waals surface area contributed by atoms with Crippen LogP contribution in [-0.4, -0.2) is 24.7 Å². The minimum atomic E-state index is -0.221. The van der Waals surface area contributed by atoms with Crippen molar-refractivity contribution in [3.63, 3.8) is 0 Å². The van der Waals surface area contributed by atoms with Crippen LogP contribution in [0.5, 0.6) is 5.75 Å². The minimum Gasteiger partial charge on any atom is -0.495 e. The van der Waals surface area contributed by atoms with Crippen molar-refractivity contribution in [3.8, 4) is 5.75 Å². The molecule has 4 heteroatoms. The van der Waals surface area contributed by atoms with Crippen molar-refractivity contribution in [2.24, 2.45) is 0 Å². The molecule has 0 saturated carbocycles. The van der Waals surface area contributed by atoms with Gasteiger partial charge in [-0.1, -0.05) is 6.07 Å². The average Bonchev–Trinajstić information content (AvgIpc) is 2.18. The van der Waals surface area contributed by atoms with Crippen molar-refractivity contribution >= 4 is 11.6 Å². The van der Waals surface area contributed by atoms with Crippen LogP contribution < -0.4 is 10.1 Å². The summed E-state index contributed by atoms with van der Waals surface area (Å²) in [6.45, 7) is 1.78. The molecule has 0 heterocycles. The number of hydrogen-bond acceptors (Lipinski definition) is 3. The largest absolute Gasteiger partial charge is 0.495 e. The van der Waals surface area contributed by atoms with E-state index >= 15 is 0 Å². The second-order valence-corrected chi connectivity index (χ2v) is 3.23. The van der Waals surface area contributed by atoms with Gasteiger partial charge in [0.05, 0.1) is 25.8 Å². The van der Waals surface area contributed by atoms with Gasteiger partial charge in [-0.2, -0.15) is 0 Å². The molecule has 0 atom stereocenters. The Morgan fingerprint density at radius 3 is 2.87 bits per heavy atom. The third-order valence-electron chi connectivity index (χ3n) is 1.97. The zero-order valence-electron chi connectivity index (χ0n) is 8.91. The van der Waals surface area contributed by atoms with Gasteiger partial charge in [0.2, 0.25) is 5.91 Å². The van der Waals surface area contributed by atoms with Crippen molar-refractivity contribution in [1.82, 2.24) is 0 Å². The second kappa shape index (κ2) is 5.36. The first kappa shape index (κ1) is 11.5. The maximum atomic E-state index is 11.3. The van der Waals surface area contributed by atoms with E-state index in [1.54, 1.807) is 13.2 Å². The maximum Gasteiger partial charge on any atom is 0.226 e. The lowest BCUT2D eigenvalue weighted by atomic mass is 10.2. The van der Waals surface area contributed by atoms with Crippen molar-refractivity contribution in [1.29, 1.82) is 0 Å². The van der Waals surface area contributed by atoms with Crippen LogP contribution in [0.15, 0.2) is 18.2 Å². The number of benzene rings is 1. The van der Waals surface area contributed by atoms with E-state index in [1.165, 1.54) is 0 Å². The summed E-state index contributed by atoms with van der Waals surface area (Å²) in [5.74, 6) is 0.397. The van der Waals surface area contributed by atoms with E-state index in [0.717, 1.165) is 5.56 Å². The van der Waals surface area contributed by atoms with Gasteiger partial charge in [-0.15, -0.1) is 0 Å². The number of amides is 1. The van der Waals surface area contributed by atoms with E-state index in [2.05, 4.69) is 5.32 Å². The van der Waals surface area contributed by atoms with Crippen LogP contribution in [0.2, 0.25) is 0 Å². The van der Waals surface area contributed by atoms with Crippen LogP contribution in [-0.2, 0) is 4.79 Å². The van der Waals surface area contributed by atoms with Gasteiger partial charge in [0.1, 0.15) is 5.75 Å². The molecule has 0 aliphatic rings. The van der Waals surface area contributed by atoms with Crippen LogP contribution in [0, 0.1) is 6.92 Å². The molecule has 1 rings (SSSR count). The zero-order chi connectivity index (χ0) is 11.3. The fraction of sp³-hybridized carbons (Fsp3) is 0.364. The number of carbonyl (C=O) groups excluding carboxylic acids is 1. The van der Waals surface area contributed by atoms with E-state index in [-0.39, 0.29) is 18.9 Å². The van der Waals surface area contributed by atoms with Gasteiger partial charge in [-0.25, -0.2) is 0 Å². The van der Waals surface area contributed by atoms with Crippen LogP contribution in [0.1, 0.15) is 12.0 Å². The Morgan fingerprint density at radius 1 is 1.53 bits per heavy atom. The summed E-state index contributed by atoms with van der Waals surface area (Å²) in [5, 5.41) is 11.3. The number of aryl methyl sites for hydroxylation is 1. The number of nitrogens with one attached hydrogen (secondary N) is 1. The zero-order valence-corrected chi connectivity index (χ0v) is 8.91. The number of carbonyl (C=O) groups is 1. The molecular formula is C11H15NO3. The first-order valence-corrected chi connectivity index (χ1v) is 4.72. The van der Waals surface area contributed by atoms with E-state index in [0.29, 0.717) is 11.4 Å². The van der Waals surface area contributed by atoms with Gasteiger partial charge in [-0.05, 0) is 24.6 Å². The number of anilines is 1. The first-order chi connectivity index (χ1) is 7.17. The van der Waals surface area contributed by atoms with Crippen LogP contribution in [0.25, 0.3) is 0 Å². The van der Waals surface area contributed by atoms with Crippen LogP contribution >= 0.6 is 0 Å². The maximum absolute atomic E-state index is 11.3. The topological polar surface area (TPSA) is 58.6 Å². The van der Waals surface area contributed by atoms with Gasteiger partial charge in [0.15, 0.2) is 0 Å². The van der Waals surface area contributed by atoms with E-state index in [9.17, 15) is 4.79 Å². The predicted molar refractivity (Wildman–Crippen MR) is 58.1 cm³/mol. The lowest BCUT2D eigenvalue weighted by molar-refractivity contribution is -0.116. The SMILES string of the molecule is COc1ccc(C)cc1NC(=O)CCO. The Balaban J connectivity index is 2.82. The third kappa shape index (κ3) is 3.25. The molecule has 0 radical (unpaired) electrons. The molecule has 0 aromatic heterocycles. The smallest absolute Gasteiger partial charge is 0.226 e. The van der Waals surface area contributed by atoms with Crippen molar-refractivity contribution in [3.05, 3.63) is 23.8 Å². The Morgan fingerprint density at radius 2 is 2.27 bits per heavy atom. The molecule has 0 spiro atoms. The molecule has 82 valence electrons. The number of aliphatic hydroxyl groups excluding tert-OH is 1. The van der Waals surface area contributed by atoms with Crippen LogP contribution in [0.3, 0.4) is 0 Å². The molecule has 0 saturated heterocycles. The molecule has 1 aromatic rings. The Hall–Kier alpha value is -1.55. The highest BCUT2D eigenvalue weighted by Gasteiger charge is 2.06. The van der Waals surface area contributed by atoms with Crippen molar-refractivity contribution < 1.29 is 14.6 Å². The average molecular weight is 209 g/mol. The highest BCUT2D eigenvalue weighted by Crippen LogP contribution is 2.25. The highest BCUT2D eigenvalue weighted by molar-refractivity contribution is 5.92. The molecular weight excluding hydrogens is 194 g/mol. The summed E-state index contributed by atoms with van der Waals surface area (Å²) < 4.78 is 5.10. The monoisotopic (exact) mass is 209 g/mol. The Labute approximate surface area is 88.9 Å². The predicted octanol–water partition coefficient (Wildman–Crippen LogP) is 1.32. The van der Waals surface area contributed by atoms with Crippen LogP contribution in [0.4, 0.5) is 5.69 Å². The van der Waals surface area contributed by atoms with E-state index < -0.39 is 0 Å². The molecule has 1 amide bonds. The normalized spacial score (nSPS) is 9.80. The highest BCUT2D eigenvalue weighted by atomic mass is 16.5. The van der Waals surface area contributed by atoms with Crippen molar-refractivity contribution in [2.45, 2.75) is 13.3 Å². The minimum absolute atomic E-state index is 0.0943. The van der Waals surface area contributed by atoms with Gasteiger partial charge in [-0.3, -0.25) is 4.79 Å². The Bertz CT molecular complexity index is 350. The molecule has 0 unspecified atom stereocenters. The number of methoxy groups -OCH3 is 1. The number of ether oxygens (including phenoxy) is 1. The van der Waals surface area contributed by atoms with Gasteiger partial charge in [0.25, 0.3) is 0 Å². The summed E-state index contributed by atoms with van der Waals surface area (Å²) in [6, 6.07) is 5.53. The lowest BCUT2D eigenvalue weighted by Gasteiger charge is -2.10. The fourth-order valence-electron chi connectivity index (χ4n) is 1.23. The van der Waals surface area contributed by atoms with Gasteiger partial charge < -0.3 is 15.2 Å². The molecule has 0 fully saturated rings. The molecule has 2 N–H and O–H groups in total. The van der Waals surface area contributed by atoms with E-state index in [4.69, 9.17) is 9.84 Å². The molecule has 0 bridgehead atoms. The summed E-state index contributed by atoms with van der Waals surface area (Å²) in [5.41, 5.74) is 1.67. The first-order valence-electron chi connectivity index (χ1n) is 4.72. The number of hydrogen-bond donors (Lipinski definition) is 2. The molecule has 15 heavy (non-hydrogen) atoms. The van der Waals surface area contributed by atoms with E-state index in [1.807, 2.05) is 19.1 Å². The standard InChI is InChI=1S/C11H15NO3/c1-8-3-4-10(15-2)9(7-8)12-11(14)5-6-13/h3-4,7,13H,5-6H2,1-2H3,(H,12,14). The summed E-state index contributed by atoms with van der Waals surface area (Å²) in [7, 11) is 1.55. The lowest BCUT2D eigenvalue weighted by Crippen LogP contribution is -2.13. The summed E-state index contributed by atoms with van der Waals surface area (Å²) in [4.78, 5) is 11.3. The summed E-state index contributed by atoms with van der Waals surface area (Å²) >= 11 is 0. The molecule has 1 aromatic carbocycles. The van der Waals surface area contributed by atoms with Gasteiger partial charge in [0, 0.05) is 0 Å². The fourth-order valence-corrected chi connectivity index (χ4v) is 1.23. The Kier molecular flexibility index (Phi) is 4.12. The molecule has 4 nitrogen and oxygen atoms in total. The number of aliphatic hydroxyl groups is 1.